The molecular weight excluding hydrogens is 403 g/mol. The van der Waals surface area contributed by atoms with Crippen LogP contribution in [0.2, 0.25) is 0 Å². The molecule has 6 heteroatoms. The number of amides is 1. The van der Waals surface area contributed by atoms with Gasteiger partial charge in [-0.2, -0.15) is 0 Å². The van der Waals surface area contributed by atoms with E-state index in [1.165, 1.54) is 32.1 Å². The number of hydrogen-bond donors (Lipinski definition) is 3. The van der Waals surface area contributed by atoms with Crippen molar-refractivity contribution in [3.8, 4) is 0 Å². The number of nitrogens with one attached hydrogen (secondary N) is 3. The van der Waals surface area contributed by atoms with Crippen LogP contribution < -0.4 is 16.0 Å². The zero-order chi connectivity index (χ0) is 16.2. The van der Waals surface area contributed by atoms with Crippen LogP contribution in [-0.2, 0) is 4.79 Å². The number of aliphatic imine (C=N–C) groups is 1. The molecule has 0 aromatic heterocycles. The van der Waals surface area contributed by atoms with Gasteiger partial charge in [-0.15, -0.1) is 24.0 Å². The van der Waals surface area contributed by atoms with Crippen LogP contribution in [-0.4, -0.2) is 37.5 Å². The van der Waals surface area contributed by atoms with E-state index in [9.17, 15) is 4.79 Å². The summed E-state index contributed by atoms with van der Waals surface area (Å²) in [5.41, 5.74) is -0.197. The van der Waals surface area contributed by atoms with Crippen LogP contribution in [0.1, 0.15) is 52.9 Å². The maximum Gasteiger partial charge on any atom is 0.239 e. The number of hydrogen-bond acceptors (Lipinski definition) is 2. The summed E-state index contributed by atoms with van der Waals surface area (Å²) in [5, 5.41) is 9.34. The van der Waals surface area contributed by atoms with E-state index in [2.05, 4.69) is 20.9 Å². The molecule has 0 heterocycles. The summed E-state index contributed by atoms with van der Waals surface area (Å²) in [7, 11) is 1.74. The molecule has 3 N–H and O–H groups in total. The molecule has 2 rings (SSSR count). The van der Waals surface area contributed by atoms with Crippen LogP contribution in [0.25, 0.3) is 0 Å². The fourth-order valence-corrected chi connectivity index (χ4v) is 3.95. The number of halogens is 1. The Morgan fingerprint density at radius 1 is 1.17 bits per heavy atom. The fourth-order valence-electron chi connectivity index (χ4n) is 3.95. The van der Waals surface area contributed by atoms with E-state index in [0.717, 1.165) is 24.3 Å². The van der Waals surface area contributed by atoms with Gasteiger partial charge in [0.1, 0.15) is 0 Å². The number of carbonyl (C=O) groups is 1. The molecule has 2 saturated carbocycles. The molecule has 0 radical (unpaired) electrons. The van der Waals surface area contributed by atoms with Crippen molar-refractivity contribution in [2.45, 2.75) is 58.4 Å². The Morgan fingerprint density at radius 2 is 1.91 bits per heavy atom. The Labute approximate surface area is 157 Å². The van der Waals surface area contributed by atoms with Crippen molar-refractivity contribution < 1.29 is 4.79 Å². The molecule has 0 aliphatic heterocycles. The van der Waals surface area contributed by atoms with Crippen LogP contribution in [0, 0.1) is 17.8 Å². The van der Waals surface area contributed by atoms with Crippen molar-refractivity contribution in [1.82, 2.24) is 16.0 Å². The van der Waals surface area contributed by atoms with Crippen LogP contribution in [0.15, 0.2) is 4.99 Å². The Morgan fingerprint density at radius 3 is 2.43 bits per heavy atom. The van der Waals surface area contributed by atoms with Gasteiger partial charge in [-0.25, -0.2) is 0 Å². The molecule has 1 amide bonds. The summed E-state index contributed by atoms with van der Waals surface area (Å²) >= 11 is 0. The highest BCUT2D eigenvalue weighted by atomic mass is 127. The van der Waals surface area contributed by atoms with Crippen molar-refractivity contribution in [3.05, 3.63) is 0 Å². The second-order valence-electron chi connectivity index (χ2n) is 7.87. The summed E-state index contributed by atoms with van der Waals surface area (Å²) in [4.78, 5) is 16.0. The Hall–Kier alpha value is -0.530. The van der Waals surface area contributed by atoms with Crippen LogP contribution >= 0.6 is 24.0 Å². The van der Waals surface area contributed by atoms with Crippen molar-refractivity contribution in [3.63, 3.8) is 0 Å². The lowest BCUT2D eigenvalue weighted by molar-refractivity contribution is -0.121. The number of fused-ring (bicyclic) bond motifs is 2. The lowest BCUT2D eigenvalue weighted by Gasteiger charge is -2.23. The van der Waals surface area contributed by atoms with Gasteiger partial charge in [0.2, 0.25) is 5.91 Å². The van der Waals surface area contributed by atoms with Gasteiger partial charge in [0.25, 0.3) is 0 Å². The first-order valence-electron chi connectivity index (χ1n) is 8.63. The average molecular weight is 436 g/mol. The van der Waals surface area contributed by atoms with Gasteiger partial charge in [-0.3, -0.25) is 9.79 Å². The fraction of sp³-hybridized carbons (Fsp3) is 0.882. The van der Waals surface area contributed by atoms with E-state index in [4.69, 9.17) is 0 Å². The maximum absolute atomic E-state index is 11.8. The summed E-state index contributed by atoms with van der Waals surface area (Å²) in [6.45, 7) is 7.13. The van der Waals surface area contributed by atoms with Gasteiger partial charge in [-0.05, 0) is 64.2 Å². The van der Waals surface area contributed by atoms with Gasteiger partial charge in [0, 0.05) is 19.1 Å². The largest absolute Gasteiger partial charge is 0.356 e. The van der Waals surface area contributed by atoms with Crippen LogP contribution in [0.3, 0.4) is 0 Å². The van der Waals surface area contributed by atoms with Crippen molar-refractivity contribution >= 4 is 35.8 Å². The molecule has 5 nitrogen and oxygen atoms in total. The Kier molecular flexibility index (Phi) is 8.10. The number of rotatable bonds is 5. The molecular formula is C17H33IN4O. The topological polar surface area (TPSA) is 65.5 Å². The SMILES string of the molecule is CN=C(NCCC1CC2CCC1C2)NCC(=O)NC(C)(C)C.I. The van der Waals surface area contributed by atoms with E-state index in [0.29, 0.717) is 5.96 Å². The maximum atomic E-state index is 11.8. The van der Waals surface area contributed by atoms with E-state index in [-0.39, 0.29) is 42.0 Å². The van der Waals surface area contributed by atoms with Crippen LogP contribution in [0.5, 0.6) is 0 Å². The van der Waals surface area contributed by atoms with E-state index in [1.54, 1.807) is 7.05 Å². The minimum absolute atomic E-state index is 0. The number of nitrogens with zero attached hydrogens (tertiary/aromatic N) is 1. The molecule has 0 aromatic carbocycles. The molecule has 3 atom stereocenters. The third-order valence-corrected chi connectivity index (χ3v) is 4.85. The Bertz CT molecular complexity index is 419. The molecule has 2 bridgehead atoms. The van der Waals surface area contributed by atoms with Gasteiger partial charge in [-0.1, -0.05) is 6.42 Å². The lowest BCUT2D eigenvalue weighted by atomic mass is 9.86. The number of carbonyl (C=O) groups excluding carboxylic acids is 1. The second kappa shape index (κ2) is 9.08. The highest BCUT2D eigenvalue weighted by molar-refractivity contribution is 14.0. The molecule has 2 aliphatic rings. The molecule has 0 saturated heterocycles. The quantitative estimate of drug-likeness (QED) is 0.353. The van der Waals surface area contributed by atoms with Gasteiger partial charge < -0.3 is 16.0 Å². The molecule has 2 fully saturated rings. The first-order valence-corrected chi connectivity index (χ1v) is 8.63. The third kappa shape index (κ3) is 6.85. The molecule has 3 unspecified atom stereocenters. The normalized spacial score (nSPS) is 26.6. The first kappa shape index (κ1) is 20.5. The predicted octanol–water partition coefficient (Wildman–Crippen LogP) is 2.51. The standard InChI is InChI=1S/C17H32N4O.HI/c1-17(2,3)21-15(22)11-20-16(18-4)19-8-7-14-10-12-5-6-13(14)9-12;/h12-14H,5-11H2,1-4H3,(H,21,22)(H2,18,19,20);1H. The third-order valence-electron chi connectivity index (χ3n) is 4.85. The van der Waals surface area contributed by atoms with Crippen molar-refractivity contribution in [1.29, 1.82) is 0 Å². The zero-order valence-electron chi connectivity index (χ0n) is 14.9. The number of guanidine groups is 1. The highest BCUT2D eigenvalue weighted by Crippen LogP contribution is 2.49. The van der Waals surface area contributed by atoms with Crippen LogP contribution in [0.4, 0.5) is 0 Å². The zero-order valence-corrected chi connectivity index (χ0v) is 17.3. The first-order chi connectivity index (χ1) is 10.4. The Balaban J connectivity index is 0.00000264. The molecule has 2 aliphatic carbocycles. The summed E-state index contributed by atoms with van der Waals surface area (Å²) in [6.07, 6.45) is 7.00. The van der Waals surface area contributed by atoms with Gasteiger partial charge in [0.05, 0.1) is 6.54 Å². The summed E-state index contributed by atoms with van der Waals surface area (Å²) < 4.78 is 0. The second-order valence-corrected chi connectivity index (χ2v) is 7.87. The smallest absolute Gasteiger partial charge is 0.239 e. The van der Waals surface area contributed by atoms with E-state index in [1.807, 2.05) is 20.8 Å². The van der Waals surface area contributed by atoms with Gasteiger partial charge >= 0.3 is 0 Å². The molecule has 0 aromatic rings. The van der Waals surface area contributed by atoms with Crippen molar-refractivity contribution in [2.75, 3.05) is 20.1 Å². The minimum atomic E-state index is -0.197. The molecule has 0 spiro atoms. The van der Waals surface area contributed by atoms with Gasteiger partial charge in [0.15, 0.2) is 5.96 Å². The predicted molar refractivity (Wildman–Crippen MR) is 106 cm³/mol. The molecule has 134 valence electrons. The summed E-state index contributed by atoms with van der Waals surface area (Å²) in [6, 6.07) is 0. The van der Waals surface area contributed by atoms with E-state index < -0.39 is 0 Å². The van der Waals surface area contributed by atoms with E-state index >= 15 is 0 Å². The molecule has 23 heavy (non-hydrogen) atoms. The highest BCUT2D eigenvalue weighted by Gasteiger charge is 2.38. The minimum Gasteiger partial charge on any atom is -0.356 e. The summed E-state index contributed by atoms with van der Waals surface area (Å²) in [5.74, 6) is 3.58. The van der Waals surface area contributed by atoms with Crippen molar-refractivity contribution in [2.24, 2.45) is 22.7 Å². The average Bonchev–Trinajstić information content (AvgIpc) is 3.03. The monoisotopic (exact) mass is 436 g/mol. The lowest BCUT2D eigenvalue weighted by Crippen LogP contribution is -2.48.